The van der Waals surface area contributed by atoms with Crippen molar-refractivity contribution in [2.45, 2.75) is 31.7 Å². The zero-order chi connectivity index (χ0) is 15.2. The first-order valence-corrected chi connectivity index (χ1v) is 8.12. The van der Waals surface area contributed by atoms with Gasteiger partial charge in [-0.3, -0.25) is 0 Å². The van der Waals surface area contributed by atoms with E-state index >= 15 is 0 Å². The van der Waals surface area contributed by atoms with Crippen molar-refractivity contribution < 1.29 is 5.11 Å². The van der Waals surface area contributed by atoms with Crippen LogP contribution in [0.25, 0.3) is 0 Å². The Morgan fingerprint density at radius 1 is 1.14 bits per heavy atom. The summed E-state index contributed by atoms with van der Waals surface area (Å²) in [4.78, 5) is 0. The Morgan fingerprint density at radius 2 is 1.86 bits per heavy atom. The summed E-state index contributed by atoms with van der Waals surface area (Å²) >= 11 is 2.31. The van der Waals surface area contributed by atoms with Gasteiger partial charge in [0.15, 0.2) is 0 Å². The molecule has 2 rings (SSSR count). The highest BCUT2D eigenvalue weighted by Gasteiger charge is 2.23. The quantitative estimate of drug-likeness (QED) is 0.659. The second-order valence-corrected chi connectivity index (χ2v) is 6.46. The van der Waals surface area contributed by atoms with Crippen LogP contribution in [0.3, 0.4) is 0 Å². The maximum atomic E-state index is 9.83. The molecule has 0 amide bonds. The van der Waals surface area contributed by atoms with Gasteiger partial charge in [-0.05, 0) is 52.8 Å². The average molecular weight is 396 g/mol. The molecular weight excluding hydrogens is 375 g/mol. The van der Waals surface area contributed by atoms with Gasteiger partial charge in [-0.1, -0.05) is 42.5 Å². The summed E-state index contributed by atoms with van der Waals surface area (Å²) in [5.74, 6) is 0. The smallest absolute Gasteiger partial charge is 0.0681 e. The number of hydrogen-bond acceptors (Lipinski definition) is 3. The maximum absolute atomic E-state index is 9.83. The van der Waals surface area contributed by atoms with E-state index in [0.717, 1.165) is 12.1 Å². The van der Waals surface area contributed by atoms with Gasteiger partial charge in [0, 0.05) is 16.2 Å². The number of rotatable bonds is 6. The molecule has 1 unspecified atom stereocenters. The van der Waals surface area contributed by atoms with Crippen LogP contribution in [0.1, 0.15) is 24.1 Å². The molecule has 2 aromatic rings. The lowest BCUT2D eigenvalue weighted by atomic mass is 9.96. The number of benzene rings is 2. The van der Waals surface area contributed by atoms with Gasteiger partial charge in [-0.15, -0.1) is 0 Å². The number of hydrogen-bond donors (Lipinski definition) is 3. The van der Waals surface area contributed by atoms with E-state index in [-0.39, 0.29) is 12.1 Å². The van der Waals surface area contributed by atoms with Gasteiger partial charge in [0.05, 0.1) is 12.1 Å². The lowest BCUT2D eigenvalue weighted by Gasteiger charge is -2.27. The number of aliphatic hydroxyl groups excluding tert-OH is 1. The molecule has 2 aromatic carbocycles. The predicted octanol–water partition coefficient (Wildman–Crippen LogP) is 2.83. The molecular formula is C17H21IN2O. The third-order valence-corrected chi connectivity index (χ3v) is 4.19. The van der Waals surface area contributed by atoms with Gasteiger partial charge in [0.1, 0.15) is 0 Å². The van der Waals surface area contributed by atoms with Crippen LogP contribution in [0.15, 0.2) is 54.6 Å². The summed E-state index contributed by atoms with van der Waals surface area (Å²) in [6, 6.07) is 17.9. The van der Waals surface area contributed by atoms with Crippen LogP contribution in [-0.2, 0) is 6.54 Å². The molecule has 0 bridgehead atoms. The predicted molar refractivity (Wildman–Crippen MR) is 94.8 cm³/mol. The Labute approximate surface area is 139 Å². The third kappa shape index (κ3) is 4.78. The number of nitrogens with one attached hydrogen (secondary N) is 1. The molecule has 112 valence electrons. The topological polar surface area (TPSA) is 58.3 Å². The van der Waals surface area contributed by atoms with Gasteiger partial charge in [-0.2, -0.15) is 0 Å². The molecule has 3 atom stereocenters. The first kappa shape index (κ1) is 16.4. The molecule has 0 radical (unpaired) electrons. The molecule has 4 N–H and O–H groups in total. The summed E-state index contributed by atoms with van der Waals surface area (Å²) in [5.41, 5.74) is 8.48. The lowest BCUT2D eigenvalue weighted by Crippen LogP contribution is -2.44. The Balaban J connectivity index is 2.13. The lowest BCUT2D eigenvalue weighted by molar-refractivity contribution is 0.142. The van der Waals surface area contributed by atoms with Crippen LogP contribution in [0.2, 0.25) is 0 Å². The van der Waals surface area contributed by atoms with Crippen molar-refractivity contribution in [1.29, 1.82) is 0 Å². The fraction of sp³-hybridized carbons (Fsp3) is 0.294. The van der Waals surface area contributed by atoms with Gasteiger partial charge in [-0.25, -0.2) is 0 Å². The second-order valence-electron chi connectivity index (χ2n) is 5.22. The normalized spacial score (nSPS) is 15.4. The standard InChI is InChI=1S/C17H21IN2O/c1-12(21)16(19)17(14-7-3-2-4-8-14)20-11-13-6-5-9-15(18)10-13/h2-10,12,16-17,20-21H,11,19H2,1H3/t12-,16-,17?/m1/s1. The van der Waals surface area contributed by atoms with Crippen LogP contribution in [-0.4, -0.2) is 17.3 Å². The fourth-order valence-corrected chi connectivity index (χ4v) is 2.90. The molecule has 0 spiro atoms. The van der Waals surface area contributed by atoms with E-state index in [9.17, 15) is 5.11 Å². The molecule has 21 heavy (non-hydrogen) atoms. The number of aliphatic hydroxyl groups is 1. The number of halogens is 1. The zero-order valence-corrected chi connectivity index (χ0v) is 14.2. The van der Waals surface area contributed by atoms with Crippen LogP contribution in [0.5, 0.6) is 0 Å². The van der Waals surface area contributed by atoms with E-state index in [1.54, 1.807) is 6.92 Å². The van der Waals surface area contributed by atoms with Crippen molar-refractivity contribution >= 4 is 22.6 Å². The van der Waals surface area contributed by atoms with E-state index in [0.29, 0.717) is 0 Å². The Bertz CT molecular complexity index is 560. The van der Waals surface area contributed by atoms with Crippen LogP contribution < -0.4 is 11.1 Å². The molecule has 3 nitrogen and oxygen atoms in total. The largest absolute Gasteiger partial charge is 0.392 e. The molecule has 0 aliphatic carbocycles. The van der Waals surface area contributed by atoms with Crippen molar-refractivity contribution in [2.75, 3.05) is 0 Å². The minimum Gasteiger partial charge on any atom is -0.392 e. The van der Waals surface area contributed by atoms with Crippen LogP contribution >= 0.6 is 22.6 Å². The summed E-state index contributed by atoms with van der Waals surface area (Å²) in [6.07, 6.45) is -0.571. The highest BCUT2D eigenvalue weighted by Crippen LogP contribution is 2.19. The molecule has 4 heteroatoms. The van der Waals surface area contributed by atoms with E-state index in [2.05, 4.69) is 46.1 Å². The number of nitrogens with two attached hydrogens (primary N) is 1. The Hall–Kier alpha value is -0.950. The SMILES string of the molecule is C[C@@H](O)[C@@H](N)C(NCc1cccc(I)c1)c1ccccc1. The van der Waals surface area contributed by atoms with Gasteiger partial charge < -0.3 is 16.2 Å². The maximum Gasteiger partial charge on any atom is 0.0681 e. The fourth-order valence-electron chi connectivity index (χ4n) is 2.29. The molecule has 0 aliphatic rings. The second kappa shape index (κ2) is 7.89. The summed E-state index contributed by atoms with van der Waals surface area (Å²) < 4.78 is 1.21. The van der Waals surface area contributed by atoms with E-state index in [4.69, 9.17) is 5.73 Å². The summed E-state index contributed by atoms with van der Waals surface area (Å²) in [5, 5.41) is 13.3. The van der Waals surface area contributed by atoms with Crippen molar-refractivity contribution in [3.63, 3.8) is 0 Å². The van der Waals surface area contributed by atoms with Crippen molar-refractivity contribution in [1.82, 2.24) is 5.32 Å². The molecule has 0 fully saturated rings. The third-order valence-electron chi connectivity index (χ3n) is 3.52. The highest BCUT2D eigenvalue weighted by molar-refractivity contribution is 14.1. The van der Waals surface area contributed by atoms with E-state index in [1.165, 1.54) is 9.13 Å². The van der Waals surface area contributed by atoms with Crippen molar-refractivity contribution in [3.8, 4) is 0 Å². The van der Waals surface area contributed by atoms with Crippen molar-refractivity contribution in [3.05, 3.63) is 69.3 Å². The van der Waals surface area contributed by atoms with Crippen LogP contribution in [0, 0.1) is 3.57 Å². The molecule has 0 aromatic heterocycles. The average Bonchev–Trinajstić information content (AvgIpc) is 2.48. The summed E-state index contributed by atoms with van der Waals surface area (Å²) in [6.45, 7) is 2.45. The first-order chi connectivity index (χ1) is 10.1. The van der Waals surface area contributed by atoms with Crippen molar-refractivity contribution in [2.24, 2.45) is 5.73 Å². The van der Waals surface area contributed by atoms with Gasteiger partial charge in [0.25, 0.3) is 0 Å². The molecule has 0 saturated heterocycles. The zero-order valence-electron chi connectivity index (χ0n) is 12.0. The van der Waals surface area contributed by atoms with Crippen LogP contribution in [0.4, 0.5) is 0 Å². The molecule has 0 heterocycles. The van der Waals surface area contributed by atoms with E-state index in [1.807, 2.05) is 36.4 Å². The Morgan fingerprint density at radius 3 is 2.48 bits per heavy atom. The van der Waals surface area contributed by atoms with Gasteiger partial charge >= 0.3 is 0 Å². The minimum absolute atomic E-state index is 0.0796. The monoisotopic (exact) mass is 396 g/mol. The van der Waals surface area contributed by atoms with Gasteiger partial charge in [0.2, 0.25) is 0 Å². The Kier molecular flexibility index (Phi) is 6.17. The summed E-state index contributed by atoms with van der Waals surface area (Å²) in [7, 11) is 0. The first-order valence-electron chi connectivity index (χ1n) is 7.04. The molecule has 0 saturated carbocycles. The molecule has 0 aliphatic heterocycles. The minimum atomic E-state index is -0.571. The highest BCUT2D eigenvalue weighted by atomic mass is 127. The van der Waals surface area contributed by atoms with E-state index < -0.39 is 6.10 Å².